The molecule has 0 aliphatic heterocycles. The Morgan fingerprint density at radius 2 is 1.52 bits per heavy atom. The van der Waals surface area contributed by atoms with Crippen LogP contribution in [-0.4, -0.2) is 16.4 Å². The second-order valence-electron chi connectivity index (χ2n) is 7.06. The molecule has 0 spiro atoms. The van der Waals surface area contributed by atoms with E-state index in [0.29, 0.717) is 0 Å². The van der Waals surface area contributed by atoms with E-state index in [4.69, 9.17) is 0 Å². The summed E-state index contributed by atoms with van der Waals surface area (Å²) in [6.45, 7) is 1.76. The summed E-state index contributed by atoms with van der Waals surface area (Å²) < 4.78 is 27.7. The maximum atomic E-state index is 13.3. The maximum Gasteiger partial charge on any atom is 0.268 e. The van der Waals surface area contributed by atoms with E-state index < -0.39 is 29.0 Å². The molecule has 1 heterocycles. The molecule has 0 atom stereocenters. The van der Waals surface area contributed by atoms with Crippen LogP contribution >= 0.6 is 0 Å². The van der Waals surface area contributed by atoms with E-state index in [-0.39, 0.29) is 30.9 Å². The Bertz CT molecular complexity index is 1140. The van der Waals surface area contributed by atoms with Gasteiger partial charge in [-0.05, 0) is 36.2 Å². The van der Waals surface area contributed by atoms with Crippen LogP contribution in [0.15, 0.2) is 65.5 Å². The highest BCUT2D eigenvalue weighted by molar-refractivity contribution is 5.93. The van der Waals surface area contributed by atoms with Crippen molar-refractivity contribution in [3.05, 3.63) is 105 Å². The van der Waals surface area contributed by atoms with Gasteiger partial charge in [-0.2, -0.15) is 0 Å². The molecule has 1 aromatic heterocycles. The van der Waals surface area contributed by atoms with Gasteiger partial charge in [0.1, 0.15) is 23.9 Å². The van der Waals surface area contributed by atoms with Gasteiger partial charge < -0.3 is 10.6 Å². The number of aromatic nitrogens is 1. The second kappa shape index (κ2) is 9.80. The number of pyridine rings is 1. The fourth-order valence-electron chi connectivity index (χ4n) is 2.97. The highest BCUT2D eigenvalue weighted by Gasteiger charge is 2.15. The third-order valence-electron chi connectivity index (χ3n) is 4.57. The van der Waals surface area contributed by atoms with Gasteiger partial charge in [0.2, 0.25) is 5.91 Å². The number of hydrogen-bond acceptors (Lipinski definition) is 3. The van der Waals surface area contributed by atoms with Crippen molar-refractivity contribution in [1.29, 1.82) is 0 Å². The molecule has 2 amide bonds. The van der Waals surface area contributed by atoms with Crippen molar-refractivity contribution < 1.29 is 18.4 Å². The standard InChI is InChI=1S/C23H21F2N3O3/c1-15-5-7-16(8-6-15)12-26-21(29)14-28-20(3-2-4-22(28)30)23(31)27-13-17-9-18(24)11-19(25)10-17/h2-11H,12-14H2,1H3,(H,26,29)(H,27,31). The smallest absolute Gasteiger partial charge is 0.268 e. The van der Waals surface area contributed by atoms with Crippen molar-refractivity contribution in [2.24, 2.45) is 0 Å². The summed E-state index contributed by atoms with van der Waals surface area (Å²) in [5, 5.41) is 5.23. The Labute approximate surface area is 177 Å². The summed E-state index contributed by atoms with van der Waals surface area (Å²) in [6, 6.07) is 14.6. The van der Waals surface area contributed by atoms with Crippen LogP contribution in [0, 0.1) is 18.6 Å². The Hall–Kier alpha value is -3.81. The van der Waals surface area contributed by atoms with Gasteiger partial charge >= 0.3 is 0 Å². The van der Waals surface area contributed by atoms with E-state index >= 15 is 0 Å². The van der Waals surface area contributed by atoms with Gasteiger partial charge in [0, 0.05) is 25.2 Å². The minimum atomic E-state index is -0.758. The molecule has 3 rings (SSSR count). The summed E-state index contributed by atoms with van der Waals surface area (Å²) in [5.41, 5.74) is 1.68. The zero-order chi connectivity index (χ0) is 22.4. The molecule has 0 aliphatic carbocycles. The number of benzene rings is 2. The molecular weight excluding hydrogens is 404 g/mol. The summed E-state index contributed by atoms with van der Waals surface area (Å²) in [6.07, 6.45) is 0. The summed E-state index contributed by atoms with van der Waals surface area (Å²) >= 11 is 0. The van der Waals surface area contributed by atoms with Gasteiger partial charge in [0.05, 0.1) is 0 Å². The molecule has 0 saturated heterocycles. The number of aryl methyl sites for hydroxylation is 1. The molecule has 3 aromatic rings. The van der Waals surface area contributed by atoms with Crippen LogP contribution in [0.1, 0.15) is 27.2 Å². The van der Waals surface area contributed by atoms with Crippen molar-refractivity contribution in [2.45, 2.75) is 26.6 Å². The number of nitrogens with one attached hydrogen (secondary N) is 2. The molecule has 2 aromatic carbocycles. The molecular formula is C23H21F2N3O3. The predicted molar refractivity (Wildman–Crippen MR) is 111 cm³/mol. The number of halogens is 2. The first kappa shape index (κ1) is 21.9. The first-order valence-electron chi connectivity index (χ1n) is 9.57. The van der Waals surface area contributed by atoms with Crippen molar-refractivity contribution in [2.75, 3.05) is 0 Å². The predicted octanol–water partition coefficient (Wildman–Crippen LogP) is 2.68. The molecule has 0 fully saturated rings. The lowest BCUT2D eigenvalue weighted by Gasteiger charge is -2.13. The number of nitrogens with zero attached hydrogens (tertiary/aromatic N) is 1. The lowest BCUT2D eigenvalue weighted by molar-refractivity contribution is -0.121. The number of amides is 2. The first-order valence-corrected chi connectivity index (χ1v) is 9.57. The highest BCUT2D eigenvalue weighted by Crippen LogP contribution is 2.08. The van der Waals surface area contributed by atoms with E-state index in [1.54, 1.807) is 0 Å². The van der Waals surface area contributed by atoms with Crippen LogP contribution in [0.4, 0.5) is 8.78 Å². The Kier molecular flexibility index (Phi) is 6.92. The van der Waals surface area contributed by atoms with E-state index in [9.17, 15) is 23.2 Å². The Balaban J connectivity index is 1.67. The zero-order valence-corrected chi connectivity index (χ0v) is 16.8. The van der Waals surface area contributed by atoms with Crippen LogP contribution in [0.5, 0.6) is 0 Å². The largest absolute Gasteiger partial charge is 0.350 e. The number of carbonyl (C=O) groups is 2. The summed E-state index contributed by atoms with van der Waals surface area (Å²) in [5.74, 6) is -2.60. The molecule has 0 radical (unpaired) electrons. The highest BCUT2D eigenvalue weighted by atomic mass is 19.1. The van der Waals surface area contributed by atoms with Crippen LogP contribution in [0.25, 0.3) is 0 Å². The maximum absolute atomic E-state index is 13.3. The molecule has 31 heavy (non-hydrogen) atoms. The molecule has 6 nitrogen and oxygen atoms in total. The minimum Gasteiger partial charge on any atom is -0.350 e. The average Bonchev–Trinajstić information content (AvgIpc) is 2.72. The third-order valence-corrected chi connectivity index (χ3v) is 4.57. The second-order valence-corrected chi connectivity index (χ2v) is 7.06. The van der Waals surface area contributed by atoms with Gasteiger partial charge in [-0.1, -0.05) is 35.9 Å². The lowest BCUT2D eigenvalue weighted by Crippen LogP contribution is -2.36. The molecule has 0 bridgehead atoms. The van der Waals surface area contributed by atoms with Gasteiger partial charge in [-0.3, -0.25) is 19.0 Å². The van der Waals surface area contributed by atoms with E-state index in [2.05, 4.69) is 10.6 Å². The monoisotopic (exact) mass is 425 g/mol. The van der Waals surface area contributed by atoms with Crippen molar-refractivity contribution in [1.82, 2.24) is 15.2 Å². The molecule has 2 N–H and O–H groups in total. The lowest BCUT2D eigenvalue weighted by atomic mass is 10.1. The average molecular weight is 425 g/mol. The zero-order valence-electron chi connectivity index (χ0n) is 16.8. The van der Waals surface area contributed by atoms with Gasteiger partial charge in [-0.15, -0.1) is 0 Å². The molecule has 8 heteroatoms. The molecule has 0 saturated carbocycles. The van der Waals surface area contributed by atoms with Gasteiger partial charge in [0.15, 0.2) is 0 Å². The van der Waals surface area contributed by atoms with Crippen LogP contribution < -0.4 is 16.2 Å². The van der Waals surface area contributed by atoms with Crippen molar-refractivity contribution in [3.8, 4) is 0 Å². The normalized spacial score (nSPS) is 10.5. The van der Waals surface area contributed by atoms with Crippen molar-refractivity contribution in [3.63, 3.8) is 0 Å². The SMILES string of the molecule is Cc1ccc(CNC(=O)Cn2c(C(=O)NCc3cc(F)cc(F)c3)cccc2=O)cc1. The first-order chi connectivity index (χ1) is 14.8. The van der Waals surface area contributed by atoms with Crippen LogP contribution in [0.2, 0.25) is 0 Å². The van der Waals surface area contributed by atoms with Crippen molar-refractivity contribution >= 4 is 11.8 Å². The minimum absolute atomic E-state index is 0.0325. The topological polar surface area (TPSA) is 80.2 Å². The Morgan fingerprint density at radius 3 is 2.19 bits per heavy atom. The van der Waals surface area contributed by atoms with Crippen LogP contribution in [0.3, 0.4) is 0 Å². The summed E-state index contributed by atoms with van der Waals surface area (Å²) in [7, 11) is 0. The summed E-state index contributed by atoms with van der Waals surface area (Å²) in [4.78, 5) is 37.2. The number of rotatable bonds is 7. The Morgan fingerprint density at radius 1 is 0.871 bits per heavy atom. The van der Waals surface area contributed by atoms with E-state index in [1.165, 1.54) is 18.2 Å². The third kappa shape index (κ3) is 6.08. The fourth-order valence-corrected chi connectivity index (χ4v) is 2.97. The van der Waals surface area contributed by atoms with Crippen LogP contribution in [-0.2, 0) is 24.4 Å². The number of hydrogen-bond donors (Lipinski definition) is 2. The quantitative estimate of drug-likeness (QED) is 0.611. The van der Waals surface area contributed by atoms with Gasteiger partial charge in [0.25, 0.3) is 11.5 Å². The molecule has 0 aliphatic rings. The fraction of sp³-hybridized carbons (Fsp3) is 0.174. The van der Waals surface area contributed by atoms with E-state index in [0.717, 1.165) is 33.9 Å². The number of carbonyl (C=O) groups excluding carboxylic acids is 2. The van der Waals surface area contributed by atoms with E-state index in [1.807, 2.05) is 31.2 Å². The molecule has 0 unspecified atom stereocenters. The molecule has 160 valence electrons. The van der Waals surface area contributed by atoms with Gasteiger partial charge in [-0.25, -0.2) is 8.78 Å².